The summed E-state index contributed by atoms with van der Waals surface area (Å²) in [7, 11) is -1.91. The van der Waals surface area contributed by atoms with Gasteiger partial charge in [-0.05, 0) is 47.7 Å². The lowest BCUT2D eigenvalue weighted by molar-refractivity contribution is 0.0785. The van der Waals surface area contributed by atoms with E-state index in [9.17, 15) is 13.2 Å². The molecule has 1 N–H and O–H groups in total. The standard InChI is InChI=1S/C25H26N4O3S2/c1-28(17-21-16-26-29(19-21)18-20-6-3-2-4-7-20)25(30)22-9-11-24(12-10-22)34(31,32)27-14-13-23-8-5-15-33-23/h2-12,15-16,19,27H,13-14,17-18H2,1H3. The molecule has 0 radical (unpaired) electrons. The van der Waals surface area contributed by atoms with Crippen molar-refractivity contribution in [2.45, 2.75) is 24.4 Å². The molecule has 4 rings (SSSR count). The molecule has 2 heterocycles. The summed E-state index contributed by atoms with van der Waals surface area (Å²) in [5.41, 5.74) is 2.50. The molecule has 0 bridgehead atoms. The second-order valence-electron chi connectivity index (χ2n) is 7.94. The number of amides is 1. The van der Waals surface area contributed by atoms with Crippen molar-refractivity contribution in [2.75, 3.05) is 13.6 Å². The summed E-state index contributed by atoms with van der Waals surface area (Å²) >= 11 is 1.60. The van der Waals surface area contributed by atoms with Gasteiger partial charge in [0, 0.05) is 42.3 Å². The lowest BCUT2D eigenvalue weighted by Crippen LogP contribution is -2.27. The quantitative estimate of drug-likeness (QED) is 0.364. The topological polar surface area (TPSA) is 84.3 Å². The number of hydrogen-bond acceptors (Lipinski definition) is 5. The van der Waals surface area contributed by atoms with Crippen molar-refractivity contribution < 1.29 is 13.2 Å². The number of carbonyl (C=O) groups is 1. The number of sulfonamides is 1. The molecule has 34 heavy (non-hydrogen) atoms. The Kier molecular flexibility index (Phi) is 7.56. The highest BCUT2D eigenvalue weighted by molar-refractivity contribution is 7.89. The van der Waals surface area contributed by atoms with Crippen molar-refractivity contribution in [3.63, 3.8) is 0 Å². The van der Waals surface area contributed by atoms with Gasteiger partial charge in [-0.2, -0.15) is 5.10 Å². The van der Waals surface area contributed by atoms with E-state index in [2.05, 4.69) is 9.82 Å². The van der Waals surface area contributed by atoms with Crippen LogP contribution in [0.3, 0.4) is 0 Å². The molecule has 0 saturated heterocycles. The lowest BCUT2D eigenvalue weighted by atomic mass is 10.2. The van der Waals surface area contributed by atoms with Crippen LogP contribution in [0.4, 0.5) is 0 Å². The smallest absolute Gasteiger partial charge is 0.253 e. The summed E-state index contributed by atoms with van der Waals surface area (Å²) < 4.78 is 29.5. The molecule has 4 aromatic rings. The molecule has 2 aromatic heterocycles. The average molecular weight is 495 g/mol. The molecule has 9 heteroatoms. The van der Waals surface area contributed by atoms with Gasteiger partial charge in [-0.1, -0.05) is 36.4 Å². The minimum atomic E-state index is -3.63. The average Bonchev–Trinajstić information content (AvgIpc) is 3.51. The van der Waals surface area contributed by atoms with E-state index in [1.54, 1.807) is 41.6 Å². The third kappa shape index (κ3) is 6.19. The summed E-state index contributed by atoms with van der Waals surface area (Å²) in [5, 5.41) is 6.35. The molecule has 0 aliphatic heterocycles. The molecule has 0 unspecified atom stereocenters. The third-order valence-electron chi connectivity index (χ3n) is 5.30. The van der Waals surface area contributed by atoms with Gasteiger partial charge in [-0.15, -0.1) is 11.3 Å². The zero-order chi connectivity index (χ0) is 24.0. The second-order valence-corrected chi connectivity index (χ2v) is 10.7. The number of nitrogens with zero attached hydrogens (tertiary/aromatic N) is 3. The number of thiophene rings is 1. The Labute approximate surface area is 203 Å². The first-order valence-electron chi connectivity index (χ1n) is 10.8. The molecular formula is C25H26N4O3S2. The number of nitrogens with one attached hydrogen (secondary N) is 1. The zero-order valence-electron chi connectivity index (χ0n) is 18.8. The van der Waals surface area contributed by atoms with E-state index in [1.165, 1.54) is 12.1 Å². The molecule has 0 spiro atoms. The van der Waals surface area contributed by atoms with E-state index in [4.69, 9.17) is 0 Å². The molecule has 1 amide bonds. The molecule has 7 nitrogen and oxygen atoms in total. The fourth-order valence-electron chi connectivity index (χ4n) is 3.53. The van der Waals surface area contributed by atoms with Crippen molar-refractivity contribution in [1.82, 2.24) is 19.4 Å². The summed E-state index contributed by atoms with van der Waals surface area (Å²) in [5.74, 6) is -0.189. The Morgan fingerprint density at radius 2 is 1.79 bits per heavy atom. The van der Waals surface area contributed by atoms with Gasteiger partial charge >= 0.3 is 0 Å². The van der Waals surface area contributed by atoms with Crippen LogP contribution >= 0.6 is 11.3 Å². The van der Waals surface area contributed by atoms with Crippen molar-refractivity contribution in [2.24, 2.45) is 0 Å². The molecule has 0 fully saturated rings. The maximum Gasteiger partial charge on any atom is 0.253 e. The number of carbonyl (C=O) groups excluding carboxylic acids is 1. The van der Waals surface area contributed by atoms with Gasteiger partial charge in [0.25, 0.3) is 5.91 Å². The van der Waals surface area contributed by atoms with E-state index >= 15 is 0 Å². The largest absolute Gasteiger partial charge is 0.337 e. The molecule has 0 atom stereocenters. The Morgan fingerprint density at radius 1 is 1.03 bits per heavy atom. The predicted molar refractivity (Wildman–Crippen MR) is 133 cm³/mol. The fraction of sp³-hybridized carbons (Fsp3) is 0.200. The van der Waals surface area contributed by atoms with E-state index in [0.29, 0.717) is 31.6 Å². The van der Waals surface area contributed by atoms with Gasteiger partial charge in [-0.25, -0.2) is 13.1 Å². The van der Waals surface area contributed by atoms with Crippen molar-refractivity contribution in [3.8, 4) is 0 Å². The summed E-state index contributed by atoms with van der Waals surface area (Å²) in [6, 6.07) is 20.0. The Balaban J connectivity index is 1.33. The van der Waals surface area contributed by atoms with Crippen LogP contribution in [-0.2, 0) is 29.5 Å². The minimum absolute atomic E-state index is 0.139. The lowest BCUT2D eigenvalue weighted by Gasteiger charge is -2.16. The normalized spacial score (nSPS) is 11.4. The van der Waals surface area contributed by atoms with Crippen LogP contribution in [-0.4, -0.2) is 42.6 Å². The van der Waals surface area contributed by atoms with Crippen molar-refractivity contribution >= 4 is 27.3 Å². The molecule has 0 saturated carbocycles. The zero-order valence-corrected chi connectivity index (χ0v) is 20.4. The van der Waals surface area contributed by atoms with Crippen LogP contribution in [0.2, 0.25) is 0 Å². The minimum Gasteiger partial charge on any atom is -0.337 e. The molecule has 176 valence electrons. The highest BCUT2D eigenvalue weighted by atomic mass is 32.2. The van der Waals surface area contributed by atoms with Crippen LogP contribution in [0.1, 0.15) is 26.4 Å². The summed E-state index contributed by atoms with van der Waals surface area (Å²) in [6.45, 7) is 1.39. The maximum atomic E-state index is 12.8. The van der Waals surface area contributed by atoms with Crippen LogP contribution in [0.15, 0.2) is 89.4 Å². The molecule has 0 aliphatic rings. The maximum absolute atomic E-state index is 12.8. The van der Waals surface area contributed by atoms with Gasteiger partial charge in [0.15, 0.2) is 0 Å². The Morgan fingerprint density at radius 3 is 2.50 bits per heavy atom. The second kappa shape index (κ2) is 10.8. The highest BCUT2D eigenvalue weighted by Gasteiger charge is 2.17. The monoisotopic (exact) mass is 494 g/mol. The number of aromatic nitrogens is 2. The highest BCUT2D eigenvalue weighted by Crippen LogP contribution is 2.14. The van der Waals surface area contributed by atoms with Crippen LogP contribution in [0, 0.1) is 0 Å². The fourth-order valence-corrected chi connectivity index (χ4v) is 5.28. The summed E-state index contributed by atoms with van der Waals surface area (Å²) in [4.78, 5) is 15.7. The van der Waals surface area contributed by atoms with Gasteiger partial charge in [0.1, 0.15) is 0 Å². The molecule has 0 aliphatic carbocycles. The van der Waals surface area contributed by atoms with Gasteiger partial charge in [0.05, 0.1) is 17.6 Å². The van der Waals surface area contributed by atoms with Gasteiger partial charge in [0.2, 0.25) is 10.0 Å². The van der Waals surface area contributed by atoms with Crippen LogP contribution in [0.5, 0.6) is 0 Å². The van der Waals surface area contributed by atoms with Crippen LogP contribution in [0.25, 0.3) is 0 Å². The van der Waals surface area contributed by atoms with Crippen molar-refractivity contribution in [3.05, 3.63) is 106 Å². The first-order valence-corrected chi connectivity index (χ1v) is 13.2. The number of rotatable bonds is 10. The van der Waals surface area contributed by atoms with E-state index in [0.717, 1.165) is 16.0 Å². The van der Waals surface area contributed by atoms with Gasteiger partial charge < -0.3 is 4.90 Å². The Bertz CT molecular complexity index is 1320. The number of hydrogen-bond donors (Lipinski definition) is 1. The Hall–Kier alpha value is -3.27. The first kappa shape index (κ1) is 23.9. The summed E-state index contributed by atoms with van der Waals surface area (Å²) in [6.07, 6.45) is 4.32. The van der Waals surface area contributed by atoms with E-state index < -0.39 is 10.0 Å². The van der Waals surface area contributed by atoms with E-state index in [-0.39, 0.29) is 10.8 Å². The van der Waals surface area contributed by atoms with Crippen molar-refractivity contribution in [1.29, 1.82) is 0 Å². The SMILES string of the molecule is CN(Cc1cnn(Cc2ccccc2)c1)C(=O)c1ccc(S(=O)(=O)NCCc2cccs2)cc1. The third-order valence-corrected chi connectivity index (χ3v) is 7.71. The first-order chi connectivity index (χ1) is 16.4. The molecule has 2 aromatic carbocycles. The predicted octanol–water partition coefficient (Wildman–Crippen LogP) is 3.79. The number of benzene rings is 2. The van der Waals surface area contributed by atoms with E-state index in [1.807, 2.05) is 58.7 Å². The van der Waals surface area contributed by atoms with Crippen LogP contribution < -0.4 is 4.72 Å². The van der Waals surface area contributed by atoms with Gasteiger partial charge in [-0.3, -0.25) is 9.48 Å². The molecular weight excluding hydrogens is 468 g/mol.